The molecule has 2 aromatic carbocycles. The smallest absolute Gasteiger partial charge is 0.410 e. The molecule has 110 valence electrons. The van der Waals surface area contributed by atoms with Gasteiger partial charge in [-0.05, 0) is 30.2 Å². The first-order valence-electron chi connectivity index (χ1n) is 6.78. The maximum atomic E-state index is 11.8. The molecule has 1 N–H and O–H groups in total. The molecule has 0 atom stereocenters. The van der Waals surface area contributed by atoms with Gasteiger partial charge in [0.05, 0.1) is 4.88 Å². The van der Waals surface area contributed by atoms with E-state index in [0.29, 0.717) is 10.9 Å². The molecule has 5 heteroatoms. The molecule has 0 aliphatic carbocycles. The Kier molecular flexibility index (Phi) is 4.16. The molecule has 0 saturated heterocycles. The van der Waals surface area contributed by atoms with Gasteiger partial charge in [-0.15, -0.1) is 0 Å². The van der Waals surface area contributed by atoms with Crippen molar-refractivity contribution >= 4 is 22.6 Å². The van der Waals surface area contributed by atoms with Crippen LogP contribution in [0.15, 0.2) is 60.8 Å². The fourth-order valence-corrected chi connectivity index (χ4v) is 2.91. The molecule has 0 aliphatic rings. The summed E-state index contributed by atoms with van der Waals surface area (Å²) >= 11 is 1.42. The summed E-state index contributed by atoms with van der Waals surface area (Å²) < 4.78 is 5.17. The minimum absolute atomic E-state index is 0.496. The van der Waals surface area contributed by atoms with Crippen LogP contribution < -0.4 is 10.1 Å². The third-order valence-electron chi connectivity index (χ3n) is 3.08. The molecule has 1 aromatic heterocycles. The number of benzene rings is 2. The van der Waals surface area contributed by atoms with Gasteiger partial charge in [-0.25, -0.2) is 9.78 Å². The lowest BCUT2D eigenvalue weighted by Crippen LogP contribution is -2.16. The third-order valence-corrected chi connectivity index (χ3v) is 4.03. The quantitative estimate of drug-likeness (QED) is 0.761. The maximum absolute atomic E-state index is 11.8. The predicted molar refractivity (Wildman–Crippen MR) is 88.4 cm³/mol. The molecular weight excluding hydrogens is 296 g/mol. The number of hydrogen-bond donors (Lipinski definition) is 1. The summed E-state index contributed by atoms with van der Waals surface area (Å²) in [5.41, 5.74) is 2.29. The molecule has 0 bridgehead atoms. The van der Waals surface area contributed by atoms with E-state index in [9.17, 15) is 4.79 Å². The van der Waals surface area contributed by atoms with Crippen molar-refractivity contribution in [2.24, 2.45) is 0 Å². The van der Waals surface area contributed by atoms with E-state index in [1.54, 1.807) is 18.3 Å². The highest BCUT2D eigenvalue weighted by Gasteiger charge is 2.10. The number of anilines is 1. The van der Waals surface area contributed by atoms with Crippen LogP contribution in [-0.4, -0.2) is 11.1 Å². The molecular formula is C17H14N2O2S. The first-order chi connectivity index (χ1) is 10.7. The predicted octanol–water partition coefficient (Wildman–Crippen LogP) is 4.73. The molecule has 3 aromatic rings. The molecule has 4 nitrogen and oxygen atoms in total. The number of nitrogens with one attached hydrogen (secondary N) is 1. The summed E-state index contributed by atoms with van der Waals surface area (Å²) in [6.45, 7) is 2.05. The number of para-hydroxylation sites is 1. The highest BCUT2D eigenvalue weighted by molar-refractivity contribution is 7.19. The van der Waals surface area contributed by atoms with Crippen molar-refractivity contribution in [2.75, 3.05) is 5.32 Å². The Balaban J connectivity index is 1.70. The van der Waals surface area contributed by atoms with Gasteiger partial charge in [0.2, 0.25) is 0 Å². The summed E-state index contributed by atoms with van der Waals surface area (Å²) in [7, 11) is 0. The molecule has 22 heavy (non-hydrogen) atoms. The van der Waals surface area contributed by atoms with E-state index in [1.165, 1.54) is 16.9 Å². The van der Waals surface area contributed by atoms with Crippen LogP contribution in [0.4, 0.5) is 9.93 Å². The minimum Gasteiger partial charge on any atom is -0.410 e. The molecule has 0 aliphatic heterocycles. The number of hydrogen-bond acceptors (Lipinski definition) is 4. The van der Waals surface area contributed by atoms with Gasteiger partial charge in [-0.1, -0.05) is 53.8 Å². The Bertz CT molecular complexity index is 784. The number of aryl methyl sites for hydroxylation is 1. The zero-order valence-corrected chi connectivity index (χ0v) is 12.8. The number of amides is 1. The second-order valence-corrected chi connectivity index (χ2v) is 5.70. The van der Waals surface area contributed by atoms with Crippen molar-refractivity contribution in [1.82, 2.24) is 4.98 Å². The van der Waals surface area contributed by atoms with Gasteiger partial charge >= 0.3 is 6.09 Å². The van der Waals surface area contributed by atoms with Crippen molar-refractivity contribution in [2.45, 2.75) is 6.92 Å². The van der Waals surface area contributed by atoms with Gasteiger partial charge in [0.25, 0.3) is 0 Å². The van der Waals surface area contributed by atoms with Crippen molar-refractivity contribution in [1.29, 1.82) is 0 Å². The van der Waals surface area contributed by atoms with Gasteiger partial charge in [0.1, 0.15) is 5.75 Å². The third kappa shape index (κ3) is 3.32. The molecule has 3 rings (SSSR count). The van der Waals surface area contributed by atoms with Crippen molar-refractivity contribution < 1.29 is 9.53 Å². The van der Waals surface area contributed by atoms with Crippen LogP contribution in [0, 0.1) is 6.92 Å². The summed E-state index contributed by atoms with van der Waals surface area (Å²) in [5, 5.41) is 3.16. The second-order valence-electron chi connectivity index (χ2n) is 4.67. The van der Waals surface area contributed by atoms with Crippen LogP contribution in [0.2, 0.25) is 0 Å². The molecule has 1 heterocycles. The second kappa shape index (κ2) is 6.41. The van der Waals surface area contributed by atoms with Gasteiger partial charge in [-0.3, -0.25) is 5.32 Å². The van der Waals surface area contributed by atoms with Gasteiger partial charge in [-0.2, -0.15) is 0 Å². The van der Waals surface area contributed by atoms with Gasteiger partial charge < -0.3 is 4.74 Å². The number of carbonyl (C=O) groups excluding carboxylic acids is 1. The molecule has 0 saturated carbocycles. The van der Waals surface area contributed by atoms with Crippen LogP contribution in [0.5, 0.6) is 5.75 Å². The number of carbonyl (C=O) groups is 1. The fourth-order valence-electron chi connectivity index (χ4n) is 2.01. The van der Waals surface area contributed by atoms with Crippen LogP contribution in [0.1, 0.15) is 5.56 Å². The van der Waals surface area contributed by atoms with E-state index in [0.717, 1.165) is 10.4 Å². The standard InChI is InChI=1S/C17H14N2O2S/c1-12-7-5-6-10-14(12)15-11-18-16(22-15)19-17(20)21-13-8-3-2-4-9-13/h2-11H,1H3,(H,18,19,20). The van der Waals surface area contributed by atoms with Crippen LogP contribution in [0.3, 0.4) is 0 Å². The van der Waals surface area contributed by atoms with Gasteiger partial charge in [0.15, 0.2) is 5.13 Å². The average molecular weight is 310 g/mol. The van der Waals surface area contributed by atoms with Crippen molar-refractivity contribution in [3.8, 4) is 16.2 Å². The number of ether oxygens (including phenoxy) is 1. The lowest BCUT2D eigenvalue weighted by atomic mass is 10.1. The lowest BCUT2D eigenvalue weighted by Gasteiger charge is -2.03. The van der Waals surface area contributed by atoms with Crippen LogP contribution in [0.25, 0.3) is 10.4 Å². The number of nitrogens with zero attached hydrogens (tertiary/aromatic N) is 1. The Morgan fingerprint density at radius 2 is 1.82 bits per heavy atom. The fraction of sp³-hybridized carbons (Fsp3) is 0.0588. The van der Waals surface area contributed by atoms with Crippen molar-refractivity contribution in [3.05, 3.63) is 66.4 Å². The van der Waals surface area contributed by atoms with Gasteiger partial charge in [0, 0.05) is 6.20 Å². The van der Waals surface area contributed by atoms with Crippen molar-refractivity contribution in [3.63, 3.8) is 0 Å². The largest absolute Gasteiger partial charge is 0.418 e. The van der Waals surface area contributed by atoms with E-state index >= 15 is 0 Å². The summed E-state index contributed by atoms with van der Waals surface area (Å²) in [5.74, 6) is 0.496. The van der Waals surface area contributed by atoms with E-state index in [2.05, 4.69) is 10.3 Å². The first-order valence-corrected chi connectivity index (χ1v) is 7.60. The number of thiazole rings is 1. The molecule has 0 spiro atoms. The first kappa shape index (κ1) is 14.3. The monoisotopic (exact) mass is 310 g/mol. The van der Waals surface area contributed by atoms with E-state index < -0.39 is 6.09 Å². The highest BCUT2D eigenvalue weighted by Crippen LogP contribution is 2.31. The minimum atomic E-state index is -0.545. The Morgan fingerprint density at radius 1 is 1.09 bits per heavy atom. The summed E-state index contributed by atoms with van der Waals surface area (Å²) in [6.07, 6.45) is 1.21. The summed E-state index contributed by atoms with van der Waals surface area (Å²) in [6, 6.07) is 17.0. The molecule has 1 amide bonds. The zero-order valence-electron chi connectivity index (χ0n) is 11.9. The molecule has 0 unspecified atom stereocenters. The normalized spacial score (nSPS) is 10.2. The SMILES string of the molecule is Cc1ccccc1-c1cnc(NC(=O)Oc2ccccc2)s1. The highest BCUT2D eigenvalue weighted by atomic mass is 32.1. The average Bonchev–Trinajstić information content (AvgIpc) is 2.97. The lowest BCUT2D eigenvalue weighted by molar-refractivity contribution is 0.215. The summed E-state index contributed by atoms with van der Waals surface area (Å²) in [4.78, 5) is 17.1. The Morgan fingerprint density at radius 3 is 2.59 bits per heavy atom. The van der Waals surface area contributed by atoms with Crippen LogP contribution in [-0.2, 0) is 0 Å². The number of aromatic nitrogens is 1. The Labute approximate surface area is 132 Å². The van der Waals surface area contributed by atoms with E-state index in [4.69, 9.17) is 4.74 Å². The van der Waals surface area contributed by atoms with E-state index in [-0.39, 0.29) is 0 Å². The topological polar surface area (TPSA) is 51.2 Å². The molecule has 0 fully saturated rings. The van der Waals surface area contributed by atoms with E-state index in [1.807, 2.05) is 49.4 Å². The zero-order chi connectivity index (χ0) is 15.4. The molecule has 0 radical (unpaired) electrons. The Hall–Kier alpha value is -2.66. The number of rotatable bonds is 3. The van der Waals surface area contributed by atoms with Crippen LogP contribution >= 0.6 is 11.3 Å². The maximum Gasteiger partial charge on any atom is 0.418 e.